The van der Waals surface area contributed by atoms with Gasteiger partial charge in [-0.3, -0.25) is 4.79 Å². The van der Waals surface area contributed by atoms with Crippen molar-refractivity contribution in [2.45, 2.75) is 57.0 Å². The highest BCUT2D eigenvalue weighted by molar-refractivity contribution is 7.89. The van der Waals surface area contributed by atoms with Crippen LogP contribution in [0.15, 0.2) is 52.4 Å². The van der Waals surface area contributed by atoms with Crippen LogP contribution in [-0.4, -0.2) is 42.4 Å². The quantitative estimate of drug-likeness (QED) is 0.440. The maximum absolute atomic E-state index is 13.2. The summed E-state index contributed by atoms with van der Waals surface area (Å²) in [4.78, 5) is 18.0. The molecule has 1 unspecified atom stereocenters. The van der Waals surface area contributed by atoms with E-state index >= 15 is 0 Å². The first-order valence-electron chi connectivity index (χ1n) is 11.8. The number of carbonyl (C=O) groups is 1. The fourth-order valence-electron chi connectivity index (χ4n) is 4.45. The molecular formula is C26H29N3O4S2. The molecule has 0 radical (unpaired) electrons. The minimum Gasteiger partial charge on any atom is -0.492 e. The molecule has 1 amide bonds. The first kappa shape index (κ1) is 25.2. The molecule has 3 aromatic rings. The molecule has 2 heterocycles. The van der Waals surface area contributed by atoms with Gasteiger partial charge in [-0.15, -0.1) is 6.42 Å². The van der Waals surface area contributed by atoms with Crippen LogP contribution in [0.2, 0.25) is 0 Å². The van der Waals surface area contributed by atoms with Gasteiger partial charge in [0, 0.05) is 18.2 Å². The van der Waals surface area contributed by atoms with Gasteiger partial charge in [-0.2, -0.15) is 9.30 Å². The summed E-state index contributed by atoms with van der Waals surface area (Å²) in [6.07, 6.45) is 9.16. The number of fused-ring (bicyclic) bond motifs is 1. The van der Waals surface area contributed by atoms with E-state index in [0.29, 0.717) is 29.3 Å². The molecule has 1 aliphatic rings. The van der Waals surface area contributed by atoms with Gasteiger partial charge in [0.05, 0.1) is 22.7 Å². The van der Waals surface area contributed by atoms with Crippen LogP contribution in [0, 0.1) is 12.3 Å². The van der Waals surface area contributed by atoms with Gasteiger partial charge in [0.25, 0.3) is 5.91 Å². The highest BCUT2D eigenvalue weighted by Gasteiger charge is 2.32. The van der Waals surface area contributed by atoms with Crippen LogP contribution in [0.4, 0.5) is 0 Å². The van der Waals surface area contributed by atoms with Gasteiger partial charge in [-0.1, -0.05) is 36.7 Å². The Balaban J connectivity index is 1.67. The van der Waals surface area contributed by atoms with Gasteiger partial charge in [-0.25, -0.2) is 8.42 Å². The van der Waals surface area contributed by atoms with Gasteiger partial charge >= 0.3 is 0 Å². The third-order valence-electron chi connectivity index (χ3n) is 6.16. The molecule has 1 aliphatic heterocycles. The number of sulfonamides is 1. The van der Waals surface area contributed by atoms with Gasteiger partial charge in [0.2, 0.25) is 10.0 Å². The van der Waals surface area contributed by atoms with Crippen molar-refractivity contribution in [2.24, 2.45) is 4.99 Å². The Morgan fingerprint density at radius 3 is 2.66 bits per heavy atom. The molecule has 35 heavy (non-hydrogen) atoms. The van der Waals surface area contributed by atoms with E-state index in [1.165, 1.54) is 35.6 Å². The number of thiazole rings is 1. The smallest absolute Gasteiger partial charge is 0.279 e. The Morgan fingerprint density at radius 1 is 1.20 bits per heavy atom. The van der Waals surface area contributed by atoms with Crippen LogP contribution in [-0.2, 0) is 16.6 Å². The molecule has 1 aromatic heterocycles. The molecule has 2 aromatic carbocycles. The second-order valence-corrected chi connectivity index (χ2v) is 11.2. The van der Waals surface area contributed by atoms with Crippen molar-refractivity contribution in [2.75, 3.05) is 13.2 Å². The number of amides is 1. The summed E-state index contributed by atoms with van der Waals surface area (Å²) in [5.41, 5.74) is 1.11. The number of hydrogen-bond acceptors (Lipinski definition) is 5. The zero-order valence-electron chi connectivity index (χ0n) is 19.9. The van der Waals surface area contributed by atoms with Crippen molar-refractivity contribution in [3.8, 4) is 18.1 Å². The first-order valence-corrected chi connectivity index (χ1v) is 14.1. The van der Waals surface area contributed by atoms with Crippen LogP contribution < -0.4 is 9.54 Å². The Kier molecular flexibility index (Phi) is 7.75. The Labute approximate surface area is 210 Å². The largest absolute Gasteiger partial charge is 0.492 e. The third kappa shape index (κ3) is 5.06. The third-order valence-corrected chi connectivity index (χ3v) is 9.17. The molecule has 0 spiro atoms. The van der Waals surface area contributed by atoms with E-state index in [0.717, 1.165) is 35.9 Å². The molecule has 4 rings (SSSR count). The van der Waals surface area contributed by atoms with Gasteiger partial charge in [0.15, 0.2) is 4.80 Å². The topological polar surface area (TPSA) is 81.0 Å². The molecule has 1 fully saturated rings. The average Bonchev–Trinajstić information content (AvgIpc) is 3.22. The van der Waals surface area contributed by atoms with Gasteiger partial charge in [-0.05, 0) is 62.6 Å². The predicted molar refractivity (Wildman–Crippen MR) is 138 cm³/mol. The number of ether oxygens (including phenoxy) is 1. The number of terminal acetylenes is 1. The van der Waals surface area contributed by atoms with Crippen LogP contribution >= 0.6 is 11.3 Å². The molecule has 0 N–H and O–H groups in total. The van der Waals surface area contributed by atoms with Crippen LogP contribution in [0.5, 0.6) is 5.75 Å². The predicted octanol–water partition coefficient (Wildman–Crippen LogP) is 4.43. The average molecular weight is 512 g/mol. The molecular weight excluding hydrogens is 482 g/mol. The van der Waals surface area contributed by atoms with Gasteiger partial charge in [0.1, 0.15) is 11.3 Å². The Hall–Kier alpha value is -2.93. The SMILES string of the molecule is C#CCn1c(=NC(=O)c2ccc(S(=O)(=O)N3CCCCC3CC)cc2)sc2cccc(OCC)c21. The summed E-state index contributed by atoms with van der Waals surface area (Å²) >= 11 is 1.35. The number of rotatable bonds is 7. The fourth-order valence-corrected chi connectivity index (χ4v) is 7.26. The number of nitrogens with zero attached hydrogens (tertiary/aromatic N) is 3. The van der Waals surface area contributed by atoms with Crippen molar-refractivity contribution < 1.29 is 17.9 Å². The van der Waals surface area contributed by atoms with Crippen LogP contribution in [0.1, 0.15) is 49.9 Å². The maximum Gasteiger partial charge on any atom is 0.279 e. The maximum atomic E-state index is 13.2. The van der Waals surface area contributed by atoms with Crippen molar-refractivity contribution in [3.63, 3.8) is 0 Å². The Morgan fingerprint density at radius 2 is 1.97 bits per heavy atom. The summed E-state index contributed by atoms with van der Waals surface area (Å²) in [6, 6.07) is 11.7. The molecule has 184 valence electrons. The number of carbonyl (C=O) groups excluding carboxylic acids is 1. The highest BCUT2D eigenvalue weighted by Crippen LogP contribution is 2.29. The minimum absolute atomic E-state index is 0.0196. The number of para-hydroxylation sites is 1. The summed E-state index contributed by atoms with van der Waals surface area (Å²) in [5.74, 6) is 2.84. The molecule has 9 heteroatoms. The number of piperidine rings is 1. The van der Waals surface area contributed by atoms with E-state index in [1.807, 2.05) is 32.0 Å². The summed E-state index contributed by atoms with van der Waals surface area (Å²) in [7, 11) is -3.61. The fraction of sp³-hybridized carbons (Fsp3) is 0.385. The molecule has 1 saturated heterocycles. The van der Waals surface area contributed by atoms with Crippen LogP contribution in [0.3, 0.4) is 0 Å². The molecule has 0 aliphatic carbocycles. The van der Waals surface area contributed by atoms with E-state index in [1.54, 1.807) is 8.87 Å². The molecule has 0 saturated carbocycles. The lowest BCUT2D eigenvalue weighted by atomic mass is 10.0. The zero-order valence-corrected chi connectivity index (χ0v) is 21.6. The lowest BCUT2D eigenvalue weighted by Gasteiger charge is -2.34. The van der Waals surface area contributed by atoms with Crippen molar-refractivity contribution in [3.05, 3.63) is 52.8 Å². The minimum atomic E-state index is -3.61. The monoisotopic (exact) mass is 511 g/mol. The molecule has 1 atom stereocenters. The lowest BCUT2D eigenvalue weighted by molar-refractivity contribution is 0.0997. The normalized spacial score (nSPS) is 17.4. The molecule has 7 nitrogen and oxygen atoms in total. The van der Waals surface area contributed by atoms with E-state index in [-0.39, 0.29) is 17.5 Å². The second kappa shape index (κ2) is 10.8. The van der Waals surface area contributed by atoms with E-state index in [4.69, 9.17) is 11.2 Å². The highest BCUT2D eigenvalue weighted by atomic mass is 32.2. The zero-order chi connectivity index (χ0) is 25.0. The standard InChI is InChI=1S/C26H29N3O4S2/c1-4-17-28-24-22(33-6-3)11-9-12-23(24)34-26(28)27-25(30)19-13-15-21(16-14-19)35(31,32)29-18-8-7-10-20(29)5-2/h1,9,11-16,20H,5-8,10,17-18H2,2-3H3. The van der Waals surface area contributed by atoms with E-state index in [9.17, 15) is 13.2 Å². The van der Waals surface area contributed by atoms with E-state index in [2.05, 4.69) is 10.9 Å². The second-order valence-electron chi connectivity index (χ2n) is 8.33. The number of aromatic nitrogens is 1. The van der Waals surface area contributed by atoms with Crippen molar-refractivity contribution in [1.29, 1.82) is 0 Å². The summed E-state index contributed by atoms with van der Waals surface area (Å²) < 4.78 is 36.5. The first-order chi connectivity index (χ1) is 16.9. The van der Waals surface area contributed by atoms with Gasteiger partial charge < -0.3 is 9.30 Å². The van der Waals surface area contributed by atoms with Crippen molar-refractivity contribution in [1.82, 2.24) is 8.87 Å². The lowest BCUT2D eigenvalue weighted by Crippen LogP contribution is -2.43. The molecule has 0 bridgehead atoms. The number of hydrogen-bond donors (Lipinski definition) is 0. The van der Waals surface area contributed by atoms with Crippen molar-refractivity contribution >= 4 is 37.5 Å². The van der Waals surface area contributed by atoms with E-state index < -0.39 is 15.9 Å². The van der Waals surface area contributed by atoms with Crippen LogP contribution in [0.25, 0.3) is 10.2 Å². The number of benzene rings is 2. The summed E-state index contributed by atoms with van der Waals surface area (Å²) in [6.45, 7) is 5.19. The summed E-state index contributed by atoms with van der Waals surface area (Å²) in [5, 5.41) is 0. The Bertz CT molecular complexity index is 1430.